The van der Waals surface area contributed by atoms with Gasteiger partial charge in [0.05, 0.1) is 0 Å². The molecule has 260 valence electrons. The standard InChI is InChI=1S/C39H48N4O6/c1-39(2,3)49-37(46)41-34(33(30-15-9-5-10-16-30)31-17-11-6-12-18-31)36(45)43-26-22-32(43)35(44)40-23-19-28-20-24-42(25-21-28)38(47)48-27-29-13-7-4-8-14-29/h4-18,28,32-34H,19-27H2,1-3H3,(H,40,44)(H,41,46)/t32-,34+/m0/s1. The Hall–Kier alpha value is -4.86. The average molecular weight is 669 g/mol. The van der Waals surface area contributed by atoms with Gasteiger partial charge < -0.3 is 29.9 Å². The molecule has 4 amide bonds. The van der Waals surface area contributed by atoms with Crippen molar-refractivity contribution in [1.82, 2.24) is 20.4 Å². The molecule has 0 aromatic heterocycles. The van der Waals surface area contributed by atoms with E-state index in [4.69, 9.17) is 9.47 Å². The minimum Gasteiger partial charge on any atom is -0.445 e. The van der Waals surface area contributed by atoms with Crippen LogP contribution in [0.1, 0.15) is 69.1 Å². The smallest absolute Gasteiger partial charge is 0.410 e. The van der Waals surface area contributed by atoms with Crippen LogP contribution in [0.15, 0.2) is 91.0 Å². The molecular formula is C39H48N4O6. The number of alkyl carbamates (subject to hydrolysis) is 1. The molecule has 10 heteroatoms. The molecule has 3 aromatic carbocycles. The Morgan fingerprint density at radius 2 is 1.37 bits per heavy atom. The van der Waals surface area contributed by atoms with E-state index in [1.807, 2.05) is 91.0 Å². The van der Waals surface area contributed by atoms with E-state index < -0.39 is 29.7 Å². The fraction of sp³-hybridized carbons (Fsp3) is 0.436. The number of likely N-dealkylation sites (tertiary alicyclic amines) is 2. The van der Waals surface area contributed by atoms with Crippen molar-refractivity contribution in [2.24, 2.45) is 5.92 Å². The number of nitrogens with zero attached hydrogens (tertiary/aromatic N) is 2. The van der Waals surface area contributed by atoms with Gasteiger partial charge >= 0.3 is 12.2 Å². The fourth-order valence-corrected chi connectivity index (χ4v) is 6.45. The van der Waals surface area contributed by atoms with Crippen LogP contribution < -0.4 is 10.6 Å². The number of benzene rings is 3. The third-order valence-electron chi connectivity index (χ3n) is 9.12. The zero-order valence-corrected chi connectivity index (χ0v) is 28.7. The molecule has 10 nitrogen and oxygen atoms in total. The van der Waals surface area contributed by atoms with Gasteiger partial charge in [-0.15, -0.1) is 0 Å². The SMILES string of the molecule is CC(C)(C)OC(=O)N[C@@H](C(=O)N1CC[C@H]1C(=O)NCCC1CCN(C(=O)OCc2ccccc2)CC1)C(c1ccccc1)c1ccccc1. The Morgan fingerprint density at radius 1 is 0.796 bits per heavy atom. The Bertz CT molecular complexity index is 1500. The minimum absolute atomic E-state index is 0.200. The second-order valence-corrected chi connectivity index (χ2v) is 13.8. The summed E-state index contributed by atoms with van der Waals surface area (Å²) in [6.45, 7) is 7.71. The van der Waals surface area contributed by atoms with Gasteiger partial charge in [0.15, 0.2) is 0 Å². The normalized spacial score (nSPS) is 17.1. The van der Waals surface area contributed by atoms with Gasteiger partial charge in [0, 0.05) is 32.1 Å². The van der Waals surface area contributed by atoms with E-state index in [1.54, 1.807) is 30.6 Å². The largest absolute Gasteiger partial charge is 0.445 e. The van der Waals surface area contributed by atoms with Gasteiger partial charge in [0.2, 0.25) is 11.8 Å². The number of amides is 4. The number of ether oxygens (including phenoxy) is 2. The van der Waals surface area contributed by atoms with Crippen molar-refractivity contribution in [1.29, 1.82) is 0 Å². The molecule has 2 aliphatic rings. The second-order valence-electron chi connectivity index (χ2n) is 13.8. The molecule has 3 aromatic rings. The lowest BCUT2D eigenvalue weighted by molar-refractivity contribution is -0.149. The van der Waals surface area contributed by atoms with E-state index in [9.17, 15) is 19.2 Å². The highest BCUT2D eigenvalue weighted by Gasteiger charge is 2.44. The number of carbonyl (C=O) groups excluding carboxylic acids is 4. The van der Waals surface area contributed by atoms with Gasteiger partial charge in [-0.2, -0.15) is 0 Å². The molecular weight excluding hydrogens is 620 g/mol. The van der Waals surface area contributed by atoms with Crippen molar-refractivity contribution in [2.45, 2.75) is 76.7 Å². The summed E-state index contributed by atoms with van der Waals surface area (Å²) in [5.74, 6) is -0.666. The van der Waals surface area contributed by atoms with Crippen molar-refractivity contribution >= 4 is 24.0 Å². The summed E-state index contributed by atoms with van der Waals surface area (Å²) in [6.07, 6.45) is 2.01. The van der Waals surface area contributed by atoms with Crippen molar-refractivity contribution in [2.75, 3.05) is 26.2 Å². The van der Waals surface area contributed by atoms with Crippen LogP contribution >= 0.6 is 0 Å². The summed E-state index contributed by atoms with van der Waals surface area (Å²) in [4.78, 5) is 56.6. The summed E-state index contributed by atoms with van der Waals surface area (Å²) >= 11 is 0. The van der Waals surface area contributed by atoms with Crippen molar-refractivity contribution < 1.29 is 28.7 Å². The molecule has 5 rings (SSSR count). The van der Waals surface area contributed by atoms with Crippen LogP contribution in [0.3, 0.4) is 0 Å². The van der Waals surface area contributed by atoms with Crippen LogP contribution in [0.25, 0.3) is 0 Å². The van der Waals surface area contributed by atoms with E-state index in [0.717, 1.165) is 36.0 Å². The Balaban J connectivity index is 1.17. The lowest BCUT2D eigenvalue weighted by Crippen LogP contribution is -2.63. The lowest BCUT2D eigenvalue weighted by Gasteiger charge is -2.43. The van der Waals surface area contributed by atoms with Gasteiger partial charge in [0.25, 0.3) is 0 Å². The van der Waals surface area contributed by atoms with Crippen LogP contribution in [0.5, 0.6) is 0 Å². The van der Waals surface area contributed by atoms with Crippen LogP contribution in [0, 0.1) is 5.92 Å². The summed E-state index contributed by atoms with van der Waals surface area (Å²) in [5.41, 5.74) is 1.92. The van der Waals surface area contributed by atoms with E-state index in [0.29, 0.717) is 38.5 Å². The first-order valence-corrected chi connectivity index (χ1v) is 17.2. The maximum Gasteiger partial charge on any atom is 0.410 e. The Kier molecular flexibility index (Phi) is 11.9. The highest BCUT2D eigenvalue weighted by atomic mass is 16.6. The first-order valence-electron chi connectivity index (χ1n) is 17.2. The predicted molar refractivity (Wildman–Crippen MR) is 187 cm³/mol. The number of rotatable bonds is 11. The van der Waals surface area contributed by atoms with E-state index in [2.05, 4.69) is 10.6 Å². The topological polar surface area (TPSA) is 117 Å². The van der Waals surface area contributed by atoms with E-state index in [1.165, 1.54) is 0 Å². The number of hydrogen-bond donors (Lipinski definition) is 2. The average Bonchev–Trinajstić information content (AvgIpc) is 3.07. The Morgan fingerprint density at radius 3 is 1.90 bits per heavy atom. The number of piperidine rings is 1. The van der Waals surface area contributed by atoms with Gasteiger partial charge in [-0.25, -0.2) is 9.59 Å². The van der Waals surface area contributed by atoms with Crippen LogP contribution in [-0.4, -0.2) is 77.7 Å². The van der Waals surface area contributed by atoms with Crippen molar-refractivity contribution in [3.05, 3.63) is 108 Å². The second kappa shape index (κ2) is 16.5. The zero-order chi connectivity index (χ0) is 34.8. The van der Waals surface area contributed by atoms with E-state index in [-0.39, 0.29) is 24.5 Å². The van der Waals surface area contributed by atoms with Crippen LogP contribution in [-0.2, 0) is 25.7 Å². The van der Waals surface area contributed by atoms with Crippen LogP contribution in [0.2, 0.25) is 0 Å². The quantitative estimate of drug-likeness (QED) is 0.264. The summed E-state index contributed by atoms with van der Waals surface area (Å²) in [7, 11) is 0. The fourth-order valence-electron chi connectivity index (χ4n) is 6.45. The Labute approximate surface area is 289 Å². The molecule has 0 saturated carbocycles. The zero-order valence-electron chi connectivity index (χ0n) is 28.7. The highest BCUT2D eigenvalue weighted by Crippen LogP contribution is 2.32. The molecule has 0 bridgehead atoms. The predicted octanol–water partition coefficient (Wildman–Crippen LogP) is 5.87. The summed E-state index contributed by atoms with van der Waals surface area (Å²) < 4.78 is 11.1. The first kappa shape index (κ1) is 35.4. The third kappa shape index (κ3) is 9.84. The number of hydrogen-bond acceptors (Lipinski definition) is 6. The maximum atomic E-state index is 14.3. The van der Waals surface area contributed by atoms with Crippen molar-refractivity contribution in [3.63, 3.8) is 0 Å². The minimum atomic E-state index is -1.00. The molecule has 0 aliphatic carbocycles. The van der Waals surface area contributed by atoms with E-state index >= 15 is 0 Å². The van der Waals surface area contributed by atoms with Gasteiger partial charge in [0.1, 0.15) is 24.3 Å². The first-order chi connectivity index (χ1) is 23.6. The monoisotopic (exact) mass is 668 g/mol. The molecule has 2 saturated heterocycles. The maximum absolute atomic E-state index is 14.3. The molecule has 2 aliphatic heterocycles. The van der Waals surface area contributed by atoms with Crippen LogP contribution in [0.4, 0.5) is 9.59 Å². The highest BCUT2D eigenvalue weighted by molar-refractivity contribution is 5.93. The van der Waals surface area contributed by atoms with Gasteiger partial charge in [-0.3, -0.25) is 9.59 Å². The summed E-state index contributed by atoms with van der Waals surface area (Å²) in [6, 6.07) is 27.2. The third-order valence-corrected chi connectivity index (χ3v) is 9.12. The van der Waals surface area contributed by atoms with Gasteiger partial charge in [-0.1, -0.05) is 91.0 Å². The summed E-state index contributed by atoms with van der Waals surface area (Å²) in [5, 5.41) is 5.91. The molecule has 0 unspecified atom stereocenters. The lowest BCUT2D eigenvalue weighted by atomic mass is 9.83. The molecule has 49 heavy (non-hydrogen) atoms. The molecule has 2 N–H and O–H groups in total. The molecule has 0 spiro atoms. The van der Waals surface area contributed by atoms with Crippen molar-refractivity contribution in [3.8, 4) is 0 Å². The molecule has 2 atom stereocenters. The van der Waals surface area contributed by atoms with Gasteiger partial charge in [-0.05, 0) is 69.1 Å². The molecule has 0 radical (unpaired) electrons. The number of nitrogens with one attached hydrogen (secondary N) is 2. The molecule has 2 fully saturated rings. The number of carbonyl (C=O) groups is 4. The molecule has 2 heterocycles.